The molecule has 0 aliphatic rings. The SMILES string of the molecule is O=C(O)c1cnn(-c2ccc([NH+]([O-])O)cc2[NH+]([O-])O)c1. The molecule has 10 nitrogen and oxygen atoms in total. The summed E-state index contributed by atoms with van der Waals surface area (Å²) in [6.45, 7) is 0. The van der Waals surface area contributed by atoms with Gasteiger partial charge in [0, 0.05) is 12.3 Å². The van der Waals surface area contributed by atoms with Gasteiger partial charge in [0.2, 0.25) is 0 Å². The van der Waals surface area contributed by atoms with E-state index in [0.717, 1.165) is 23.1 Å². The van der Waals surface area contributed by atoms with Gasteiger partial charge < -0.3 is 15.5 Å². The molecule has 0 radical (unpaired) electrons. The number of nitrogens with one attached hydrogen (secondary N) is 2. The monoisotopic (exact) mass is 282 g/mol. The molecule has 0 spiro atoms. The van der Waals surface area contributed by atoms with Crippen LogP contribution in [0.15, 0.2) is 30.6 Å². The molecule has 2 atom stereocenters. The van der Waals surface area contributed by atoms with Crippen LogP contribution in [0.1, 0.15) is 10.4 Å². The lowest BCUT2D eigenvalue weighted by Crippen LogP contribution is -3.01. The Bertz CT molecular complexity index is 638. The summed E-state index contributed by atoms with van der Waals surface area (Å²) in [7, 11) is 0. The maximum absolute atomic E-state index is 11.2. The molecule has 1 aromatic heterocycles. The van der Waals surface area contributed by atoms with Crippen molar-refractivity contribution in [2.45, 2.75) is 0 Å². The molecule has 0 fully saturated rings. The van der Waals surface area contributed by atoms with Crippen LogP contribution in [0.4, 0.5) is 11.4 Å². The van der Waals surface area contributed by atoms with Crippen LogP contribution in [0.3, 0.4) is 0 Å². The average molecular weight is 282 g/mol. The van der Waals surface area contributed by atoms with Crippen LogP contribution in [0.5, 0.6) is 0 Å². The van der Waals surface area contributed by atoms with Crippen molar-refractivity contribution in [3.63, 3.8) is 0 Å². The van der Waals surface area contributed by atoms with Crippen LogP contribution in [0, 0.1) is 10.4 Å². The third-order valence-electron chi connectivity index (χ3n) is 2.55. The third-order valence-corrected chi connectivity index (χ3v) is 2.55. The number of rotatable bonds is 4. The second kappa shape index (κ2) is 5.34. The summed E-state index contributed by atoms with van der Waals surface area (Å²) < 4.78 is 1.07. The van der Waals surface area contributed by atoms with Crippen LogP contribution in [0.25, 0.3) is 5.69 Å². The molecule has 0 aliphatic heterocycles. The van der Waals surface area contributed by atoms with Crippen LogP contribution in [-0.4, -0.2) is 31.3 Å². The molecule has 0 aliphatic carbocycles. The smallest absolute Gasteiger partial charge is 0.338 e. The highest BCUT2D eigenvalue weighted by Gasteiger charge is 2.17. The van der Waals surface area contributed by atoms with Crippen molar-refractivity contribution in [1.82, 2.24) is 9.78 Å². The Kier molecular flexibility index (Phi) is 3.76. The number of nitrogens with zero attached hydrogens (tertiary/aromatic N) is 2. The molecule has 1 heterocycles. The van der Waals surface area contributed by atoms with E-state index >= 15 is 0 Å². The van der Waals surface area contributed by atoms with E-state index in [2.05, 4.69) is 5.10 Å². The number of carboxylic acids is 1. The Morgan fingerprint density at radius 2 is 1.95 bits per heavy atom. The number of carboxylic acid groups (broad SMARTS) is 1. The third kappa shape index (κ3) is 2.65. The Labute approximate surface area is 111 Å². The molecule has 1 aromatic carbocycles. The minimum atomic E-state index is -1.34. The number of benzene rings is 1. The van der Waals surface area contributed by atoms with E-state index < -0.39 is 16.4 Å². The summed E-state index contributed by atoms with van der Waals surface area (Å²) in [6, 6.07) is 3.46. The van der Waals surface area contributed by atoms with Gasteiger partial charge in [0.15, 0.2) is 11.4 Å². The fourth-order valence-electron chi connectivity index (χ4n) is 1.61. The zero-order valence-corrected chi connectivity index (χ0v) is 9.85. The van der Waals surface area contributed by atoms with Crippen molar-refractivity contribution >= 4 is 17.3 Å². The Hall–Kier alpha value is -2.34. The molecule has 0 saturated carbocycles. The van der Waals surface area contributed by atoms with Crippen LogP contribution in [-0.2, 0) is 0 Å². The summed E-state index contributed by atoms with van der Waals surface area (Å²) in [5.74, 6) is -1.20. The average Bonchev–Trinajstić information content (AvgIpc) is 2.87. The highest BCUT2D eigenvalue weighted by molar-refractivity contribution is 5.87. The number of hydrogen-bond acceptors (Lipinski definition) is 6. The molecule has 5 N–H and O–H groups in total. The second-order valence-corrected chi connectivity index (χ2v) is 3.82. The summed E-state index contributed by atoms with van der Waals surface area (Å²) in [6.07, 6.45) is 2.21. The van der Waals surface area contributed by atoms with Crippen molar-refractivity contribution in [2.24, 2.45) is 0 Å². The van der Waals surface area contributed by atoms with Gasteiger partial charge in [-0.1, -0.05) is 0 Å². The number of quaternary nitrogens is 2. The predicted octanol–water partition coefficient (Wildman–Crippen LogP) is -1.62. The summed E-state index contributed by atoms with van der Waals surface area (Å²) in [5.41, 5.74) is -0.500. The topological polar surface area (TPSA) is 151 Å². The van der Waals surface area contributed by atoms with Crippen molar-refractivity contribution in [3.05, 3.63) is 46.6 Å². The maximum atomic E-state index is 11.2. The van der Waals surface area contributed by atoms with E-state index in [-0.39, 0.29) is 22.6 Å². The van der Waals surface area contributed by atoms with Crippen molar-refractivity contribution in [1.29, 1.82) is 0 Å². The molecule has 2 rings (SSSR count). The maximum Gasteiger partial charge on any atom is 0.338 e. The molecule has 2 aromatic rings. The first-order chi connectivity index (χ1) is 9.40. The molecule has 0 saturated heterocycles. The van der Waals surface area contributed by atoms with Gasteiger partial charge in [0.05, 0.1) is 17.8 Å². The largest absolute Gasteiger partial charge is 0.595 e. The highest BCUT2D eigenvalue weighted by Crippen LogP contribution is 2.19. The minimum Gasteiger partial charge on any atom is -0.595 e. The van der Waals surface area contributed by atoms with Crippen molar-refractivity contribution in [2.75, 3.05) is 0 Å². The molecular weight excluding hydrogens is 272 g/mol. The lowest BCUT2D eigenvalue weighted by atomic mass is 10.2. The molecule has 0 amide bonds. The standard InChI is InChI=1S/C10H10N4O6/c15-10(16)6-4-11-12(5-6)8-2-1-7(13(17)18)3-9(8)14(19)20/h1-5,13-14,17,19H,(H,15,16). The van der Waals surface area contributed by atoms with Gasteiger partial charge in [-0.15, -0.1) is 0 Å². The normalized spacial score (nSPS) is 14.0. The first kappa shape index (κ1) is 14.1. The van der Waals surface area contributed by atoms with E-state index in [1.807, 2.05) is 0 Å². The number of aromatic nitrogens is 2. The van der Waals surface area contributed by atoms with Crippen molar-refractivity contribution < 1.29 is 30.8 Å². The summed E-state index contributed by atoms with van der Waals surface area (Å²) in [5, 5.41) is 49.9. The zero-order valence-electron chi connectivity index (χ0n) is 9.85. The van der Waals surface area contributed by atoms with E-state index in [0.29, 0.717) is 0 Å². The van der Waals surface area contributed by atoms with Crippen LogP contribution >= 0.6 is 0 Å². The predicted molar refractivity (Wildman–Crippen MR) is 62.1 cm³/mol. The Morgan fingerprint density at radius 1 is 1.25 bits per heavy atom. The van der Waals surface area contributed by atoms with E-state index in [9.17, 15) is 15.2 Å². The Balaban J connectivity index is 2.52. The van der Waals surface area contributed by atoms with E-state index in [1.165, 1.54) is 12.1 Å². The van der Waals surface area contributed by atoms with Crippen LogP contribution in [0.2, 0.25) is 0 Å². The van der Waals surface area contributed by atoms with Gasteiger partial charge in [-0.05, 0) is 6.07 Å². The first-order valence-electron chi connectivity index (χ1n) is 5.29. The molecule has 20 heavy (non-hydrogen) atoms. The fourth-order valence-corrected chi connectivity index (χ4v) is 1.61. The van der Waals surface area contributed by atoms with Gasteiger partial charge in [-0.3, -0.25) is 0 Å². The molecule has 10 heteroatoms. The second-order valence-electron chi connectivity index (χ2n) is 3.82. The molecular formula is C10H10N4O6. The van der Waals surface area contributed by atoms with Gasteiger partial charge in [-0.25, -0.2) is 19.9 Å². The highest BCUT2D eigenvalue weighted by atomic mass is 16.8. The number of carbonyl (C=O) groups is 1. The van der Waals surface area contributed by atoms with E-state index in [1.54, 1.807) is 0 Å². The molecule has 2 unspecified atom stereocenters. The Morgan fingerprint density at radius 3 is 2.45 bits per heavy atom. The first-order valence-corrected chi connectivity index (χ1v) is 5.29. The van der Waals surface area contributed by atoms with E-state index in [4.69, 9.17) is 15.5 Å². The quantitative estimate of drug-likeness (QED) is 0.422. The molecule has 106 valence electrons. The van der Waals surface area contributed by atoms with Gasteiger partial charge in [-0.2, -0.15) is 15.6 Å². The van der Waals surface area contributed by atoms with Crippen LogP contribution < -0.4 is 10.5 Å². The molecule has 0 bridgehead atoms. The van der Waals surface area contributed by atoms with Gasteiger partial charge >= 0.3 is 5.97 Å². The lowest BCUT2D eigenvalue weighted by Gasteiger charge is -2.18. The van der Waals surface area contributed by atoms with Gasteiger partial charge in [0.25, 0.3) is 0 Å². The number of hydrogen-bond donors (Lipinski definition) is 5. The number of aromatic carboxylic acids is 1. The summed E-state index contributed by atoms with van der Waals surface area (Å²) >= 11 is 0. The van der Waals surface area contributed by atoms with Gasteiger partial charge in [0.1, 0.15) is 5.69 Å². The van der Waals surface area contributed by atoms with Crippen molar-refractivity contribution in [3.8, 4) is 5.69 Å². The summed E-state index contributed by atoms with van der Waals surface area (Å²) in [4.78, 5) is 10.8. The lowest BCUT2D eigenvalue weighted by molar-refractivity contribution is -0.996. The minimum absolute atomic E-state index is 0.0787. The fraction of sp³-hybridized carbons (Fsp3) is 0. The zero-order chi connectivity index (χ0) is 14.9.